The average molecular weight is 222 g/mol. The predicted molar refractivity (Wildman–Crippen MR) is 62.4 cm³/mol. The number of nitrogens with one attached hydrogen (secondary N) is 2. The molecule has 5 heteroatoms. The van der Waals surface area contributed by atoms with Gasteiger partial charge in [-0.15, -0.1) is 11.3 Å². The van der Waals surface area contributed by atoms with Crippen LogP contribution in [0.25, 0.3) is 0 Å². The number of aromatic amines is 1. The van der Waals surface area contributed by atoms with Gasteiger partial charge in [0.25, 0.3) is 0 Å². The van der Waals surface area contributed by atoms with Crippen molar-refractivity contribution in [3.05, 3.63) is 28.8 Å². The van der Waals surface area contributed by atoms with Gasteiger partial charge in [0.05, 0.1) is 5.69 Å². The second-order valence-corrected chi connectivity index (χ2v) is 4.58. The highest BCUT2D eigenvalue weighted by molar-refractivity contribution is 7.15. The van der Waals surface area contributed by atoms with Gasteiger partial charge >= 0.3 is 0 Å². The van der Waals surface area contributed by atoms with E-state index in [1.807, 2.05) is 13.1 Å². The van der Waals surface area contributed by atoms with Gasteiger partial charge in [0, 0.05) is 30.2 Å². The first-order valence-corrected chi connectivity index (χ1v) is 5.73. The summed E-state index contributed by atoms with van der Waals surface area (Å²) in [5.41, 5.74) is 1.11. The summed E-state index contributed by atoms with van der Waals surface area (Å²) in [4.78, 5) is 12.9. The van der Waals surface area contributed by atoms with Crippen LogP contribution in [0.1, 0.15) is 16.4 Å². The molecule has 0 saturated heterocycles. The molecule has 0 radical (unpaired) electrons. The van der Waals surface area contributed by atoms with E-state index in [1.165, 1.54) is 4.88 Å². The molecule has 0 aliphatic rings. The van der Waals surface area contributed by atoms with Gasteiger partial charge in [-0.2, -0.15) is 0 Å². The SMILES string of the molecule is Cc1nc(NCCc2ncc[nH]2)sc1C. The van der Waals surface area contributed by atoms with Crippen LogP contribution in [0.2, 0.25) is 0 Å². The Balaban J connectivity index is 1.83. The third-order valence-corrected chi connectivity index (χ3v) is 3.25. The summed E-state index contributed by atoms with van der Waals surface area (Å²) in [5.74, 6) is 1.01. The molecule has 0 amide bonds. The lowest BCUT2D eigenvalue weighted by Gasteiger charge is -1.99. The largest absolute Gasteiger partial charge is 0.361 e. The number of hydrogen-bond donors (Lipinski definition) is 2. The zero-order valence-electron chi connectivity index (χ0n) is 8.87. The smallest absolute Gasteiger partial charge is 0.183 e. The third-order valence-electron chi connectivity index (χ3n) is 2.22. The summed E-state index contributed by atoms with van der Waals surface area (Å²) < 4.78 is 0. The minimum Gasteiger partial charge on any atom is -0.361 e. The van der Waals surface area contributed by atoms with Crippen molar-refractivity contribution in [1.82, 2.24) is 15.0 Å². The van der Waals surface area contributed by atoms with E-state index in [9.17, 15) is 0 Å². The lowest BCUT2D eigenvalue weighted by molar-refractivity contribution is 0.925. The summed E-state index contributed by atoms with van der Waals surface area (Å²) in [6.07, 6.45) is 4.50. The van der Waals surface area contributed by atoms with Crippen molar-refractivity contribution in [3.8, 4) is 0 Å². The van der Waals surface area contributed by atoms with Crippen LogP contribution in [-0.4, -0.2) is 21.5 Å². The topological polar surface area (TPSA) is 53.6 Å². The summed E-state index contributed by atoms with van der Waals surface area (Å²) >= 11 is 1.70. The van der Waals surface area contributed by atoms with E-state index < -0.39 is 0 Å². The lowest BCUT2D eigenvalue weighted by Crippen LogP contribution is -2.05. The van der Waals surface area contributed by atoms with Crippen LogP contribution in [0, 0.1) is 13.8 Å². The van der Waals surface area contributed by atoms with Crippen LogP contribution in [0.4, 0.5) is 5.13 Å². The van der Waals surface area contributed by atoms with Crippen LogP contribution in [0.5, 0.6) is 0 Å². The Labute approximate surface area is 92.8 Å². The average Bonchev–Trinajstić information content (AvgIpc) is 2.79. The molecule has 4 nitrogen and oxygen atoms in total. The highest BCUT2D eigenvalue weighted by Crippen LogP contribution is 2.20. The van der Waals surface area contributed by atoms with E-state index in [0.29, 0.717) is 0 Å². The quantitative estimate of drug-likeness (QED) is 0.833. The molecule has 2 rings (SSSR count). The molecular weight excluding hydrogens is 208 g/mol. The molecule has 15 heavy (non-hydrogen) atoms. The van der Waals surface area contributed by atoms with Gasteiger partial charge < -0.3 is 10.3 Å². The number of H-pyrrole nitrogens is 1. The second kappa shape index (κ2) is 4.44. The monoisotopic (exact) mass is 222 g/mol. The van der Waals surface area contributed by atoms with Gasteiger partial charge in [-0.3, -0.25) is 0 Å². The highest BCUT2D eigenvalue weighted by atomic mass is 32.1. The molecule has 0 fully saturated rings. The molecule has 0 aliphatic heterocycles. The first-order valence-electron chi connectivity index (χ1n) is 4.92. The van der Waals surface area contributed by atoms with Crippen LogP contribution in [0.15, 0.2) is 12.4 Å². The molecule has 2 N–H and O–H groups in total. The van der Waals surface area contributed by atoms with E-state index >= 15 is 0 Å². The van der Waals surface area contributed by atoms with E-state index in [-0.39, 0.29) is 0 Å². The van der Waals surface area contributed by atoms with Crippen molar-refractivity contribution in [2.24, 2.45) is 0 Å². The molecule has 0 unspecified atom stereocenters. The predicted octanol–water partition coefficient (Wildman–Crippen LogP) is 2.14. The summed E-state index contributed by atoms with van der Waals surface area (Å²) in [6, 6.07) is 0. The minimum absolute atomic E-state index is 0.861. The summed E-state index contributed by atoms with van der Waals surface area (Å²) in [6.45, 7) is 4.98. The second-order valence-electron chi connectivity index (χ2n) is 3.37. The zero-order chi connectivity index (χ0) is 10.7. The molecular formula is C10H14N4S. The number of rotatable bonds is 4. The minimum atomic E-state index is 0.861. The van der Waals surface area contributed by atoms with Crippen molar-refractivity contribution in [2.45, 2.75) is 20.3 Å². The molecule has 0 atom stereocenters. The van der Waals surface area contributed by atoms with Gasteiger partial charge in [0.1, 0.15) is 5.82 Å². The zero-order valence-corrected chi connectivity index (χ0v) is 9.69. The summed E-state index contributed by atoms with van der Waals surface area (Å²) in [7, 11) is 0. The standard InChI is InChI=1S/C10H14N4S/c1-7-8(2)15-10(14-7)13-4-3-9-11-5-6-12-9/h5-6H,3-4H2,1-2H3,(H,11,12)(H,13,14). The molecule has 2 aromatic rings. The van der Waals surface area contributed by atoms with Crippen LogP contribution in [0.3, 0.4) is 0 Å². The Morgan fingerprint density at radius 2 is 2.33 bits per heavy atom. The number of aromatic nitrogens is 3. The Bertz CT molecular complexity index is 399. The van der Waals surface area contributed by atoms with Crippen LogP contribution < -0.4 is 5.32 Å². The number of nitrogens with zero attached hydrogens (tertiary/aromatic N) is 2. The fourth-order valence-electron chi connectivity index (χ4n) is 1.27. The Morgan fingerprint density at radius 1 is 1.47 bits per heavy atom. The van der Waals surface area contributed by atoms with E-state index in [4.69, 9.17) is 0 Å². The van der Waals surface area contributed by atoms with Gasteiger partial charge in [0.2, 0.25) is 0 Å². The van der Waals surface area contributed by atoms with Gasteiger partial charge in [-0.25, -0.2) is 9.97 Å². The highest BCUT2D eigenvalue weighted by Gasteiger charge is 2.02. The van der Waals surface area contributed by atoms with Crippen molar-refractivity contribution < 1.29 is 0 Å². The van der Waals surface area contributed by atoms with E-state index in [1.54, 1.807) is 17.5 Å². The molecule has 2 aromatic heterocycles. The Hall–Kier alpha value is -1.36. The number of aryl methyl sites for hydroxylation is 2. The van der Waals surface area contributed by atoms with Crippen molar-refractivity contribution in [2.75, 3.05) is 11.9 Å². The first-order chi connectivity index (χ1) is 7.25. The number of hydrogen-bond acceptors (Lipinski definition) is 4. The maximum absolute atomic E-state index is 4.41. The molecule has 0 bridgehead atoms. The maximum Gasteiger partial charge on any atom is 0.183 e. The summed E-state index contributed by atoms with van der Waals surface area (Å²) in [5, 5.41) is 4.29. The fraction of sp³-hybridized carbons (Fsp3) is 0.400. The van der Waals surface area contributed by atoms with E-state index in [2.05, 4.69) is 27.2 Å². The molecule has 0 aromatic carbocycles. The van der Waals surface area contributed by atoms with Crippen LogP contribution >= 0.6 is 11.3 Å². The maximum atomic E-state index is 4.41. The van der Waals surface area contributed by atoms with Crippen molar-refractivity contribution in [3.63, 3.8) is 0 Å². The molecule has 80 valence electrons. The Morgan fingerprint density at radius 3 is 2.93 bits per heavy atom. The number of imidazole rings is 1. The number of thiazole rings is 1. The van der Waals surface area contributed by atoms with E-state index in [0.717, 1.165) is 29.6 Å². The molecule has 0 aliphatic carbocycles. The number of anilines is 1. The Kier molecular flexibility index (Phi) is 3.01. The first kappa shape index (κ1) is 10.2. The molecule has 0 saturated carbocycles. The van der Waals surface area contributed by atoms with Gasteiger partial charge in [0.15, 0.2) is 5.13 Å². The third kappa shape index (κ3) is 2.56. The fourth-order valence-corrected chi connectivity index (χ4v) is 2.11. The van der Waals surface area contributed by atoms with Gasteiger partial charge in [-0.1, -0.05) is 0 Å². The van der Waals surface area contributed by atoms with Crippen molar-refractivity contribution >= 4 is 16.5 Å². The van der Waals surface area contributed by atoms with Gasteiger partial charge in [-0.05, 0) is 13.8 Å². The van der Waals surface area contributed by atoms with Crippen molar-refractivity contribution in [1.29, 1.82) is 0 Å². The molecule has 0 spiro atoms. The molecule has 2 heterocycles. The van der Waals surface area contributed by atoms with Crippen LogP contribution in [-0.2, 0) is 6.42 Å². The normalized spacial score (nSPS) is 10.5. The lowest BCUT2D eigenvalue weighted by atomic mass is 10.4.